The molecule has 3 N–H and O–H groups in total. The Morgan fingerprint density at radius 2 is 2.11 bits per heavy atom. The number of carbonyl (C=O) groups excluding carboxylic acids is 1. The van der Waals surface area contributed by atoms with Gasteiger partial charge in [-0.25, -0.2) is 0 Å². The Kier molecular flexibility index (Phi) is 5.74. The molecule has 0 aliphatic rings. The molecule has 100 valence electrons. The van der Waals surface area contributed by atoms with Crippen LogP contribution in [0, 0.1) is 10.1 Å². The van der Waals surface area contributed by atoms with Gasteiger partial charge in [0.2, 0.25) is 0 Å². The number of benzene rings is 1. The highest BCUT2D eigenvalue weighted by molar-refractivity contribution is 5.95. The first kappa shape index (κ1) is 16.3. The second-order valence-corrected chi connectivity index (χ2v) is 4.35. The monoisotopic (exact) mass is 273 g/mol. The third kappa shape index (κ3) is 4.31. The Bertz CT molecular complexity index is 449. The lowest BCUT2D eigenvalue weighted by atomic mass is 10.1. The van der Waals surface area contributed by atoms with E-state index in [0.717, 1.165) is 0 Å². The van der Waals surface area contributed by atoms with Gasteiger partial charge in [-0.3, -0.25) is 14.9 Å². The summed E-state index contributed by atoms with van der Waals surface area (Å²) < 4.78 is 0. The molecule has 1 aromatic carbocycles. The molecule has 0 spiro atoms. The third-order valence-electron chi connectivity index (χ3n) is 2.28. The van der Waals surface area contributed by atoms with E-state index in [1.54, 1.807) is 13.8 Å². The van der Waals surface area contributed by atoms with Crippen LogP contribution < -0.4 is 11.1 Å². The largest absolute Gasteiger partial charge is 0.346 e. The van der Waals surface area contributed by atoms with Crippen LogP contribution in [-0.4, -0.2) is 22.9 Å². The first-order valence-corrected chi connectivity index (χ1v) is 5.13. The normalized spacial score (nSPS) is 10.4. The van der Waals surface area contributed by atoms with Crippen LogP contribution in [0.3, 0.4) is 0 Å². The minimum Gasteiger partial charge on any atom is -0.346 e. The van der Waals surface area contributed by atoms with Crippen molar-refractivity contribution in [3.8, 4) is 0 Å². The fourth-order valence-corrected chi connectivity index (χ4v) is 1.19. The van der Waals surface area contributed by atoms with Crippen molar-refractivity contribution in [3.63, 3.8) is 0 Å². The summed E-state index contributed by atoms with van der Waals surface area (Å²) in [4.78, 5) is 21.8. The Hall–Kier alpha value is -1.66. The van der Waals surface area contributed by atoms with E-state index in [4.69, 9.17) is 5.73 Å². The summed E-state index contributed by atoms with van der Waals surface area (Å²) in [6.45, 7) is 3.85. The maximum absolute atomic E-state index is 11.8. The van der Waals surface area contributed by atoms with E-state index in [0.29, 0.717) is 0 Å². The van der Waals surface area contributed by atoms with E-state index in [1.165, 1.54) is 24.3 Å². The zero-order chi connectivity index (χ0) is 13.1. The van der Waals surface area contributed by atoms with Crippen molar-refractivity contribution in [2.45, 2.75) is 19.4 Å². The molecule has 0 fully saturated rings. The van der Waals surface area contributed by atoms with Crippen LogP contribution in [0.15, 0.2) is 24.3 Å². The lowest BCUT2D eigenvalue weighted by molar-refractivity contribution is -0.384. The Morgan fingerprint density at radius 1 is 1.50 bits per heavy atom. The lowest BCUT2D eigenvalue weighted by Gasteiger charge is -2.24. The summed E-state index contributed by atoms with van der Waals surface area (Å²) >= 11 is 0. The molecular weight excluding hydrogens is 258 g/mol. The molecule has 1 aromatic rings. The van der Waals surface area contributed by atoms with Gasteiger partial charge >= 0.3 is 0 Å². The second kappa shape index (κ2) is 6.32. The van der Waals surface area contributed by atoms with Gasteiger partial charge in [0.05, 0.1) is 4.92 Å². The molecule has 0 aliphatic carbocycles. The molecule has 0 bridgehead atoms. The molecule has 0 aliphatic heterocycles. The summed E-state index contributed by atoms with van der Waals surface area (Å²) in [5, 5.41) is 13.3. The Labute approximate surface area is 111 Å². The summed E-state index contributed by atoms with van der Waals surface area (Å²) in [7, 11) is 0. The van der Waals surface area contributed by atoms with Crippen molar-refractivity contribution in [3.05, 3.63) is 39.9 Å². The molecule has 0 radical (unpaired) electrons. The summed E-state index contributed by atoms with van der Waals surface area (Å²) in [6, 6.07) is 5.57. The van der Waals surface area contributed by atoms with Crippen molar-refractivity contribution < 1.29 is 9.72 Å². The topological polar surface area (TPSA) is 98.3 Å². The number of hydrogen-bond donors (Lipinski definition) is 2. The second-order valence-electron chi connectivity index (χ2n) is 4.35. The smallest absolute Gasteiger partial charge is 0.270 e. The van der Waals surface area contributed by atoms with E-state index in [9.17, 15) is 14.9 Å². The number of nitrogens with two attached hydrogens (primary N) is 1. The molecular formula is C11H16ClN3O3. The van der Waals surface area contributed by atoms with Crippen molar-refractivity contribution in [1.82, 2.24) is 5.32 Å². The number of nitrogens with zero attached hydrogens (tertiary/aromatic N) is 1. The standard InChI is InChI=1S/C11H15N3O3.ClH/c1-11(2,7-12)13-10(15)8-4-3-5-9(6-8)14(16)17;/h3-6H,7,12H2,1-2H3,(H,13,15);1H. The van der Waals surface area contributed by atoms with Gasteiger partial charge in [0, 0.05) is 29.8 Å². The highest BCUT2D eigenvalue weighted by Gasteiger charge is 2.20. The molecule has 0 heterocycles. The zero-order valence-corrected chi connectivity index (χ0v) is 11.0. The molecule has 0 saturated carbocycles. The minimum atomic E-state index is -0.540. The molecule has 0 saturated heterocycles. The number of hydrogen-bond acceptors (Lipinski definition) is 4. The van der Waals surface area contributed by atoms with E-state index < -0.39 is 10.5 Å². The first-order valence-electron chi connectivity index (χ1n) is 5.13. The number of nitrogens with one attached hydrogen (secondary N) is 1. The molecule has 1 amide bonds. The zero-order valence-electron chi connectivity index (χ0n) is 10.2. The SMILES string of the molecule is CC(C)(CN)NC(=O)c1cccc([N+](=O)[O-])c1.Cl. The van der Waals surface area contributed by atoms with Gasteiger partial charge in [-0.2, -0.15) is 0 Å². The minimum absolute atomic E-state index is 0. The van der Waals surface area contributed by atoms with Crippen LogP contribution in [0.4, 0.5) is 5.69 Å². The number of non-ortho nitro benzene ring substituents is 1. The average molecular weight is 274 g/mol. The van der Waals surface area contributed by atoms with Gasteiger partial charge in [0.1, 0.15) is 0 Å². The highest BCUT2D eigenvalue weighted by Crippen LogP contribution is 2.13. The summed E-state index contributed by atoms with van der Waals surface area (Å²) in [5.41, 5.74) is 5.09. The van der Waals surface area contributed by atoms with Crippen LogP contribution >= 0.6 is 12.4 Å². The van der Waals surface area contributed by atoms with E-state index >= 15 is 0 Å². The lowest BCUT2D eigenvalue weighted by Crippen LogP contribution is -2.48. The molecule has 1 rings (SSSR count). The number of halogens is 1. The van der Waals surface area contributed by atoms with Gasteiger partial charge < -0.3 is 11.1 Å². The third-order valence-corrected chi connectivity index (χ3v) is 2.28. The molecule has 6 nitrogen and oxygen atoms in total. The first-order chi connectivity index (χ1) is 7.85. The number of nitro groups is 1. The maximum atomic E-state index is 11.8. The fourth-order valence-electron chi connectivity index (χ4n) is 1.19. The van der Waals surface area contributed by atoms with Crippen molar-refractivity contribution >= 4 is 24.0 Å². The average Bonchev–Trinajstić information content (AvgIpc) is 2.28. The number of carbonyl (C=O) groups is 1. The summed E-state index contributed by atoms with van der Waals surface area (Å²) in [6.07, 6.45) is 0. The molecule has 7 heteroatoms. The predicted octanol–water partition coefficient (Wildman–Crippen LogP) is 1.48. The van der Waals surface area contributed by atoms with Crippen molar-refractivity contribution in [1.29, 1.82) is 0 Å². The van der Waals surface area contributed by atoms with E-state index in [1.807, 2.05) is 0 Å². The van der Waals surface area contributed by atoms with Crippen LogP contribution in [0.1, 0.15) is 24.2 Å². The molecule has 18 heavy (non-hydrogen) atoms. The van der Waals surface area contributed by atoms with Crippen molar-refractivity contribution in [2.75, 3.05) is 6.54 Å². The van der Waals surface area contributed by atoms with Crippen LogP contribution in [0.5, 0.6) is 0 Å². The highest BCUT2D eigenvalue weighted by atomic mass is 35.5. The number of rotatable bonds is 4. The van der Waals surface area contributed by atoms with Gasteiger partial charge in [0.25, 0.3) is 11.6 Å². The van der Waals surface area contributed by atoms with Gasteiger partial charge in [-0.1, -0.05) is 6.07 Å². The predicted molar refractivity (Wildman–Crippen MR) is 70.9 cm³/mol. The van der Waals surface area contributed by atoms with Gasteiger partial charge in [-0.05, 0) is 19.9 Å². The fraction of sp³-hybridized carbons (Fsp3) is 0.364. The van der Waals surface area contributed by atoms with Crippen LogP contribution in [0.25, 0.3) is 0 Å². The van der Waals surface area contributed by atoms with E-state index in [2.05, 4.69) is 5.32 Å². The Morgan fingerprint density at radius 3 is 2.61 bits per heavy atom. The number of nitro benzene ring substituents is 1. The molecule has 0 unspecified atom stereocenters. The van der Waals surface area contributed by atoms with E-state index in [-0.39, 0.29) is 36.1 Å². The van der Waals surface area contributed by atoms with Crippen LogP contribution in [-0.2, 0) is 0 Å². The molecule has 0 atom stereocenters. The summed E-state index contributed by atoms with van der Waals surface area (Å²) in [5.74, 6) is -0.371. The van der Waals surface area contributed by atoms with Crippen molar-refractivity contribution in [2.24, 2.45) is 5.73 Å². The molecule has 0 aromatic heterocycles. The van der Waals surface area contributed by atoms with Gasteiger partial charge in [-0.15, -0.1) is 12.4 Å². The number of amides is 1. The maximum Gasteiger partial charge on any atom is 0.270 e. The Balaban J connectivity index is 0.00000289. The van der Waals surface area contributed by atoms with Crippen LogP contribution in [0.2, 0.25) is 0 Å². The van der Waals surface area contributed by atoms with Gasteiger partial charge in [0.15, 0.2) is 0 Å². The quantitative estimate of drug-likeness (QED) is 0.641.